The van der Waals surface area contributed by atoms with Crippen LogP contribution in [0.5, 0.6) is 0 Å². The van der Waals surface area contributed by atoms with Gasteiger partial charge in [-0.1, -0.05) is 35.5 Å². The van der Waals surface area contributed by atoms with Crippen LogP contribution < -0.4 is 5.32 Å². The van der Waals surface area contributed by atoms with Gasteiger partial charge in [-0.15, -0.1) is 0 Å². The first kappa shape index (κ1) is 10.5. The first-order chi connectivity index (χ1) is 7.15. The summed E-state index contributed by atoms with van der Waals surface area (Å²) in [4.78, 5) is 22.2. The molecular formula is C10H8ClNO2S. The van der Waals surface area contributed by atoms with Crippen molar-refractivity contribution < 1.29 is 9.59 Å². The summed E-state index contributed by atoms with van der Waals surface area (Å²) in [6.45, 7) is 0. The Balaban J connectivity index is 2.09. The molecule has 0 spiro atoms. The van der Waals surface area contributed by atoms with E-state index in [9.17, 15) is 9.59 Å². The van der Waals surface area contributed by atoms with E-state index in [0.29, 0.717) is 11.4 Å². The molecule has 1 aromatic rings. The minimum absolute atomic E-state index is 0.218. The Morgan fingerprint density at radius 1 is 1.40 bits per heavy atom. The van der Waals surface area contributed by atoms with Gasteiger partial charge in [-0.3, -0.25) is 14.9 Å². The van der Waals surface area contributed by atoms with Gasteiger partial charge in [0.25, 0.3) is 5.24 Å². The highest BCUT2D eigenvalue weighted by Gasteiger charge is 2.31. The molecule has 0 bridgehead atoms. The van der Waals surface area contributed by atoms with Gasteiger partial charge in [-0.2, -0.15) is 0 Å². The van der Waals surface area contributed by atoms with Gasteiger partial charge in [0, 0.05) is 5.02 Å². The van der Waals surface area contributed by atoms with Crippen LogP contribution in [0.3, 0.4) is 0 Å². The molecule has 0 saturated carbocycles. The SMILES string of the molecule is O=C1NC(=O)[C@H](Cc2cccc(Cl)c2)S1. The molecule has 2 rings (SSSR count). The van der Waals surface area contributed by atoms with Crippen molar-refractivity contribution in [1.82, 2.24) is 5.32 Å². The second-order valence-electron chi connectivity index (χ2n) is 3.22. The molecule has 1 aromatic carbocycles. The number of imide groups is 1. The van der Waals surface area contributed by atoms with Gasteiger partial charge in [0.2, 0.25) is 5.91 Å². The monoisotopic (exact) mass is 241 g/mol. The predicted molar refractivity (Wildman–Crippen MR) is 60.1 cm³/mol. The molecule has 78 valence electrons. The van der Waals surface area contributed by atoms with Gasteiger partial charge < -0.3 is 0 Å². The zero-order valence-corrected chi connectivity index (χ0v) is 9.27. The van der Waals surface area contributed by atoms with Crippen LogP contribution in [0.1, 0.15) is 5.56 Å². The average molecular weight is 242 g/mol. The van der Waals surface area contributed by atoms with E-state index >= 15 is 0 Å². The largest absolute Gasteiger partial charge is 0.286 e. The Labute approximate surface area is 96.2 Å². The molecule has 5 heteroatoms. The van der Waals surface area contributed by atoms with Crippen molar-refractivity contribution >= 4 is 34.5 Å². The maximum atomic E-state index is 11.3. The third-order valence-electron chi connectivity index (χ3n) is 2.08. The van der Waals surface area contributed by atoms with Crippen molar-refractivity contribution in [2.75, 3.05) is 0 Å². The predicted octanol–water partition coefficient (Wildman–Crippen LogP) is 2.23. The molecule has 1 heterocycles. The van der Waals surface area contributed by atoms with Crippen LogP contribution >= 0.6 is 23.4 Å². The number of rotatable bonds is 2. The van der Waals surface area contributed by atoms with Gasteiger partial charge in [0.1, 0.15) is 0 Å². The van der Waals surface area contributed by atoms with Crippen molar-refractivity contribution in [3.8, 4) is 0 Å². The smallest absolute Gasteiger partial charge is 0.286 e. The lowest BCUT2D eigenvalue weighted by Crippen LogP contribution is -2.25. The summed E-state index contributed by atoms with van der Waals surface area (Å²) < 4.78 is 0. The molecule has 1 atom stereocenters. The molecule has 0 aliphatic carbocycles. The summed E-state index contributed by atoms with van der Waals surface area (Å²) in [6, 6.07) is 7.30. The first-order valence-electron chi connectivity index (χ1n) is 4.41. The van der Waals surface area contributed by atoms with Gasteiger partial charge in [-0.25, -0.2) is 0 Å². The van der Waals surface area contributed by atoms with Crippen LogP contribution in [0.15, 0.2) is 24.3 Å². The summed E-state index contributed by atoms with van der Waals surface area (Å²) in [5.74, 6) is -0.218. The number of thioether (sulfide) groups is 1. The molecule has 3 nitrogen and oxygen atoms in total. The number of hydrogen-bond donors (Lipinski definition) is 1. The lowest BCUT2D eigenvalue weighted by molar-refractivity contribution is -0.118. The Morgan fingerprint density at radius 2 is 2.20 bits per heavy atom. The molecule has 0 unspecified atom stereocenters. The standard InChI is InChI=1S/C10H8ClNO2S/c11-7-3-1-2-6(4-7)5-8-9(13)12-10(14)15-8/h1-4,8H,5H2,(H,12,13,14)/t8-/m0/s1. The van der Waals surface area contributed by atoms with Gasteiger partial charge in [0.05, 0.1) is 5.25 Å². The van der Waals surface area contributed by atoms with Crippen LogP contribution in [-0.4, -0.2) is 16.4 Å². The fourth-order valence-corrected chi connectivity index (χ4v) is 2.48. The van der Waals surface area contributed by atoms with Gasteiger partial charge in [0.15, 0.2) is 0 Å². The van der Waals surface area contributed by atoms with Crippen molar-refractivity contribution in [3.05, 3.63) is 34.9 Å². The molecule has 0 aromatic heterocycles. The summed E-state index contributed by atoms with van der Waals surface area (Å²) in [5, 5.41) is 2.30. The van der Waals surface area contributed by atoms with Crippen LogP contribution in [-0.2, 0) is 11.2 Å². The van der Waals surface area contributed by atoms with Crippen molar-refractivity contribution in [3.63, 3.8) is 0 Å². The van der Waals surface area contributed by atoms with E-state index < -0.39 is 0 Å². The summed E-state index contributed by atoms with van der Waals surface area (Å²) >= 11 is 6.85. The highest BCUT2D eigenvalue weighted by Crippen LogP contribution is 2.23. The van der Waals surface area contributed by atoms with Crippen molar-refractivity contribution in [2.45, 2.75) is 11.7 Å². The lowest BCUT2D eigenvalue weighted by Gasteiger charge is -2.04. The number of halogens is 1. The number of amides is 2. The van der Waals surface area contributed by atoms with E-state index in [1.807, 2.05) is 12.1 Å². The van der Waals surface area contributed by atoms with E-state index in [4.69, 9.17) is 11.6 Å². The van der Waals surface area contributed by atoms with E-state index in [0.717, 1.165) is 17.3 Å². The van der Waals surface area contributed by atoms with Crippen LogP contribution in [0.4, 0.5) is 4.79 Å². The molecule has 2 amide bonds. The zero-order valence-electron chi connectivity index (χ0n) is 7.70. The Morgan fingerprint density at radius 3 is 2.80 bits per heavy atom. The molecule has 1 N–H and O–H groups in total. The minimum Gasteiger partial charge on any atom is -0.286 e. The Kier molecular flexibility index (Phi) is 2.98. The van der Waals surface area contributed by atoms with Gasteiger partial charge in [-0.05, 0) is 24.1 Å². The van der Waals surface area contributed by atoms with Crippen LogP contribution in [0.2, 0.25) is 5.02 Å². The summed E-state index contributed by atoms with van der Waals surface area (Å²) in [7, 11) is 0. The maximum absolute atomic E-state index is 11.3. The molecule has 15 heavy (non-hydrogen) atoms. The second-order valence-corrected chi connectivity index (χ2v) is 4.83. The fourth-order valence-electron chi connectivity index (χ4n) is 1.41. The molecule has 0 radical (unpaired) electrons. The van der Waals surface area contributed by atoms with E-state index in [2.05, 4.69) is 5.32 Å². The maximum Gasteiger partial charge on any atom is 0.286 e. The Bertz CT molecular complexity index is 422. The highest BCUT2D eigenvalue weighted by molar-refractivity contribution is 8.15. The second kappa shape index (κ2) is 4.24. The first-order valence-corrected chi connectivity index (χ1v) is 5.67. The van der Waals surface area contributed by atoms with Crippen LogP contribution in [0.25, 0.3) is 0 Å². The topological polar surface area (TPSA) is 46.2 Å². The zero-order chi connectivity index (χ0) is 10.8. The minimum atomic E-state index is -0.323. The van der Waals surface area contributed by atoms with Gasteiger partial charge >= 0.3 is 0 Å². The van der Waals surface area contributed by atoms with E-state index in [1.165, 1.54) is 0 Å². The number of hydrogen-bond acceptors (Lipinski definition) is 3. The van der Waals surface area contributed by atoms with Crippen molar-refractivity contribution in [1.29, 1.82) is 0 Å². The molecule has 1 fully saturated rings. The van der Waals surface area contributed by atoms with Crippen LogP contribution in [0, 0.1) is 0 Å². The summed E-state index contributed by atoms with van der Waals surface area (Å²) in [5.41, 5.74) is 0.963. The number of benzene rings is 1. The highest BCUT2D eigenvalue weighted by atomic mass is 35.5. The summed E-state index contributed by atoms with van der Waals surface area (Å²) in [6.07, 6.45) is 0.531. The molecule has 1 aliphatic heterocycles. The fraction of sp³-hybridized carbons (Fsp3) is 0.200. The lowest BCUT2D eigenvalue weighted by atomic mass is 10.1. The molecular weight excluding hydrogens is 234 g/mol. The van der Waals surface area contributed by atoms with E-state index in [-0.39, 0.29) is 16.4 Å². The quantitative estimate of drug-likeness (QED) is 0.864. The third kappa shape index (κ3) is 2.52. The third-order valence-corrected chi connectivity index (χ3v) is 3.29. The normalized spacial score (nSPS) is 20.5. The Hall–Kier alpha value is -1.000. The number of carbonyl (C=O) groups excluding carboxylic acids is 2. The average Bonchev–Trinajstić information content (AvgIpc) is 2.45. The molecule has 1 aliphatic rings. The number of nitrogens with one attached hydrogen (secondary N) is 1. The van der Waals surface area contributed by atoms with Crippen molar-refractivity contribution in [2.24, 2.45) is 0 Å². The van der Waals surface area contributed by atoms with E-state index in [1.54, 1.807) is 12.1 Å². The molecule has 1 saturated heterocycles. The number of carbonyl (C=O) groups is 2.